The number of carbonyl (C=O) groups excluding carboxylic acids is 1. The quantitative estimate of drug-likeness (QED) is 0.690. The molecule has 0 aliphatic carbocycles. The van der Waals surface area contributed by atoms with E-state index in [4.69, 9.17) is 0 Å². The fourth-order valence-corrected chi connectivity index (χ4v) is 2.75. The number of amides is 1. The smallest absolute Gasteiger partial charge is 0.261 e. The van der Waals surface area contributed by atoms with E-state index in [2.05, 4.69) is 15.6 Å². The third-order valence-electron chi connectivity index (χ3n) is 4.18. The third-order valence-corrected chi connectivity index (χ3v) is 4.18. The molecule has 3 N–H and O–H groups in total. The Bertz CT molecular complexity index is 758. The van der Waals surface area contributed by atoms with Crippen LogP contribution in [-0.2, 0) is 11.3 Å². The Morgan fingerprint density at radius 1 is 1.39 bits per heavy atom. The third kappa shape index (κ3) is 3.57. The van der Waals surface area contributed by atoms with Gasteiger partial charge in [0.15, 0.2) is 0 Å². The van der Waals surface area contributed by atoms with Crippen molar-refractivity contribution in [2.24, 2.45) is 5.92 Å². The highest BCUT2D eigenvalue weighted by atomic mass is 16.3. The van der Waals surface area contributed by atoms with E-state index >= 15 is 0 Å². The first kappa shape index (κ1) is 15.6. The van der Waals surface area contributed by atoms with Gasteiger partial charge in [0.25, 0.3) is 5.56 Å². The van der Waals surface area contributed by atoms with Gasteiger partial charge in [-0.2, -0.15) is 0 Å². The van der Waals surface area contributed by atoms with Gasteiger partial charge < -0.3 is 15.7 Å². The highest BCUT2D eigenvalue weighted by molar-refractivity contribution is 5.77. The summed E-state index contributed by atoms with van der Waals surface area (Å²) < 4.78 is 1.45. The van der Waals surface area contributed by atoms with E-state index < -0.39 is 6.10 Å². The van der Waals surface area contributed by atoms with E-state index in [1.807, 2.05) is 6.07 Å². The van der Waals surface area contributed by atoms with E-state index in [1.54, 1.807) is 18.2 Å². The molecule has 2 aromatic rings. The summed E-state index contributed by atoms with van der Waals surface area (Å²) in [6, 6.07) is 7.15. The van der Waals surface area contributed by atoms with Crippen molar-refractivity contribution in [1.29, 1.82) is 0 Å². The molecule has 122 valence electrons. The van der Waals surface area contributed by atoms with Crippen LogP contribution in [0.5, 0.6) is 0 Å². The van der Waals surface area contributed by atoms with Crippen LogP contribution in [0.2, 0.25) is 0 Å². The fraction of sp³-hybridized carbons (Fsp3) is 0.438. The Kier molecular flexibility index (Phi) is 4.68. The van der Waals surface area contributed by atoms with Gasteiger partial charge in [-0.15, -0.1) is 0 Å². The van der Waals surface area contributed by atoms with Gasteiger partial charge in [0.2, 0.25) is 5.91 Å². The first-order chi connectivity index (χ1) is 11.1. The van der Waals surface area contributed by atoms with Crippen LogP contribution in [0.4, 0.5) is 0 Å². The largest absolute Gasteiger partial charge is 0.391 e. The van der Waals surface area contributed by atoms with E-state index in [1.165, 1.54) is 10.9 Å². The number of aromatic nitrogens is 2. The number of benzene rings is 1. The van der Waals surface area contributed by atoms with Crippen LogP contribution < -0.4 is 16.2 Å². The number of nitrogens with one attached hydrogen (secondary N) is 2. The predicted molar refractivity (Wildman–Crippen MR) is 86.0 cm³/mol. The lowest BCUT2D eigenvalue weighted by Crippen LogP contribution is -2.35. The lowest BCUT2D eigenvalue weighted by atomic mass is 10.1. The zero-order valence-corrected chi connectivity index (χ0v) is 12.7. The highest BCUT2D eigenvalue weighted by Gasteiger charge is 2.24. The first-order valence-electron chi connectivity index (χ1n) is 7.75. The van der Waals surface area contributed by atoms with Crippen molar-refractivity contribution in [1.82, 2.24) is 20.2 Å². The molecule has 2 heterocycles. The molecule has 0 saturated carbocycles. The molecule has 7 heteroatoms. The summed E-state index contributed by atoms with van der Waals surface area (Å²) >= 11 is 0. The molecule has 1 aliphatic rings. The Hall–Kier alpha value is -2.25. The maximum atomic E-state index is 12.3. The van der Waals surface area contributed by atoms with Crippen molar-refractivity contribution in [2.45, 2.75) is 19.1 Å². The molecule has 23 heavy (non-hydrogen) atoms. The number of β-amino-alcohol motifs (C(OH)–C–C–N with tert-alkyl or cyclic N) is 1. The molecule has 1 saturated heterocycles. The molecule has 0 spiro atoms. The van der Waals surface area contributed by atoms with Crippen LogP contribution in [0, 0.1) is 5.92 Å². The minimum Gasteiger partial charge on any atom is -0.391 e. The number of para-hydroxylation sites is 1. The van der Waals surface area contributed by atoms with Gasteiger partial charge in [-0.3, -0.25) is 14.2 Å². The van der Waals surface area contributed by atoms with Gasteiger partial charge in [0.1, 0.15) is 0 Å². The molecule has 3 rings (SSSR count). The summed E-state index contributed by atoms with van der Waals surface area (Å²) in [6.07, 6.45) is 1.27. The number of nitrogens with zero attached hydrogens (tertiary/aromatic N) is 2. The van der Waals surface area contributed by atoms with Crippen LogP contribution in [-0.4, -0.2) is 46.3 Å². The topological polar surface area (TPSA) is 96.2 Å². The molecular formula is C16H20N4O3. The van der Waals surface area contributed by atoms with E-state index in [0.717, 1.165) is 0 Å². The SMILES string of the molecule is O=C(CCn1cnc2ccccc2c1=O)NCC1CNCC1O. The number of hydrogen-bond acceptors (Lipinski definition) is 5. The average Bonchev–Trinajstić information content (AvgIpc) is 2.98. The van der Waals surface area contributed by atoms with Crippen LogP contribution in [0.1, 0.15) is 6.42 Å². The Balaban J connectivity index is 1.56. The zero-order chi connectivity index (χ0) is 16.2. The van der Waals surface area contributed by atoms with Crippen molar-refractivity contribution in [3.05, 3.63) is 40.9 Å². The van der Waals surface area contributed by atoms with Crippen LogP contribution in [0.25, 0.3) is 10.9 Å². The van der Waals surface area contributed by atoms with E-state index in [-0.39, 0.29) is 30.3 Å². The monoisotopic (exact) mass is 316 g/mol. The molecule has 0 bridgehead atoms. The molecule has 1 aliphatic heterocycles. The molecule has 1 fully saturated rings. The Morgan fingerprint density at radius 3 is 3.00 bits per heavy atom. The number of rotatable bonds is 5. The molecule has 1 amide bonds. The summed E-state index contributed by atoms with van der Waals surface area (Å²) in [5.41, 5.74) is 0.514. The molecular weight excluding hydrogens is 296 g/mol. The second kappa shape index (κ2) is 6.89. The minimum absolute atomic E-state index is 0.0454. The maximum absolute atomic E-state index is 12.3. The number of hydrogen-bond donors (Lipinski definition) is 3. The molecule has 2 unspecified atom stereocenters. The lowest BCUT2D eigenvalue weighted by molar-refractivity contribution is -0.121. The number of aliphatic hydroxyl groups excluding tert-OH is 1. The van der Waals surface area contributed by atoms with Crippen molar-refractivity contribution < 1.29 is 9.90 Å². The van der Waals surface area contributed by atoms with Gasteiger partial charge in [-0.1, -0.05) is 12.1 Å². The normalized spacial score (nSPS) is 20.7. The summed E-state index contributed by atoms with van der Waals surface area (Å²) in [5.74, 6) is -0.0897. The summed E-state index contributed by atoms with van der Waals surface area (Å²) in [7, 11) is 0. The molecule has 1 aromatic carbocycles. The second-order valence-electron chi connectivity index (χ2n) is 5.80. The average molecular weight is 316 g/mol. The van der Waals surface area contributed by atoms with Gasteiger partial charge in [0.05, 0.1) is 23.3 Å². The minimum atomic E-state index is -0.414. The van der Waals surface area contributed by atoms with Crippen molar-refractivity contribution >= 4 is 16.8 Å². The standard InChI is InChI=1S/C16H20N4O3/c21-14-9-17-7-11(14)8-18-15(22)5-6-20-10-19-13-4-2-1-3-12(13)16(20)23/h1-4,10-11,14,17,21H,5-9H2,(H,18,22). The number of fused-ring (bicyclic) bond motifs is 1. The molecule has 2 atom stereocenters. The van der Waals surface area contributed by atoms with Gasteiger partial charge in [-0.05, 0) is 12.1 Å². The van der Waals surface area contributed by atoms with Crippen molar-refractivity contribution in [2.75, 3.05) is 19.6 Å². The number of aryl methyl sites for hydroxylation is 1. The fourth-order valence-electron chi connectivity index (χ4n) is 2.75. The Labute approximate surface area is 133 Å². The zero-order valence-electron chi connectivity index (χ0n) is 12.7. The number of aliphatic hydroxyl groups is 1. The molecule has 7 nitrogen and oxygen atoms in total. The first-order valence-corrected chi connectivity index (χ1v) is 7.75. The van der Waals surface area contributed by atoms with Crippen LogP contribution in [0.15, 0.2) is 35.4 Å². The van der Waals surface area contributed by atoms with E-state index in [9.17, 15) is 14.7 Å². The van der Waals surface area contributed by atoms with Gasteiger partial charge in [-0.25, -0.2) is 4.98 Å². The van der Waals surface area contributed by atoms with Crippen molar-refractivity contribution in [3.8, 4) is 0 Å². The summed E-state index contributed by atoms with van der Waals surface area (Å²) in [5, 5.41) is 16.1. The van der Waals surface area contributed by atoms with Gasteiger partial charge >= 0.3 is 0 Å². The van der Waals surface area contributed by atoms with Crippen LogP contribution in [0.3, 0.4) is 0 Å². The van der Waals surface area contributed by atoms with E-state index in [0.29, 0.717) is 30.5 Å². The predicted octanol–water partition coefficient (Wildman–Crippen LogP) is -0.517. The van der Waals surface area contributed by atoms with Crippen LogP contribution >= 0.6 is 0 Å². The summed E-state index contributed by atoms with van der Waals surface area (Å²) in [6.45, 7) is 2.00. The highest BCUT2D eigenvalue weighted by Crippen LogP contribution is 2.07. The number of carbonyl (C=O) groups is 1. The molecule has 0 radical (unpaired) electrons. The lowest BCUT2D eigenvalue weighted by Gasteiger charge is -2.14. The maximum Gasteiger partial charge on any atom is 0.261 e. The van der Waals surface area contributed by atoms with Crippen molar-refractivity contribution in [3.63, 3.8) is 0 Å². The Morgan fingerprint density at radius 2 is 2.22 bits per heavy atom. The molecule has 1 aromatic heterocycles. The van der Waals surface area contributed by atoms with Gasteiger partial charge in [0, 0.05) is 38.5 Å². The summed E-state index contributed by atoms with van der Waals surface area (Å²) in [4.78, 5) is 28.4. The second-order valence-corrected chi connectivity index (χ2v) is 5.80.